The molecule has 0 spiro atoms. The van der Waals surface area contributed by atoms with Gasteiger partial charge in [-0.1, -0.05) is 68.4 Å². The second-order valence-corrected chi connectivity index (χ2v) is 13.0. The van der Waals surface area contributed by atoms with Gasteiger partial charge < -0.3 is 19.4 Å². The van der Waals surface area contributed by atoms with Crippen LogP contribution in [0, 0.1) is 10.1 Å². The van der Waals surface area contributed by atoms with Gasteiger partial charge in [0.15, 0.2) is 0 Å². The van der Waals surface area contributed by atoms with Gasteiger partial charge in [-0.2, -0.15) is 0 Å². The van der Waals surface area contributed by atoms with Crippen LogP contribution in [0.25, 0.3) is 0 Å². The molecule has 2 aliphatic rings. The summed E-state index contributed by atoms with van der Waals surface area (Å²) < 4.78 is 5.44. The Kier molecular flexibility index (Phi) is 12.2. The molecule has 0 saturated carbocycles. The van der Waals surface area contributed by atoms with Crippen LogP contribution >= 0.6 is 0 Å². The van der Waals surface area contributed by atoms with Crippen LogP contribution in [0.1, 0.15) is 75.5 Å². The number of nitro benzene ring substituents is 1. The standard InChI is InChI=1S/C40H49N5O5/c1-5-35-38(43(7-3)28-46)37(30-14-18-33(19-15-30)45(48)49)39(36(6-2)41-35)44(29-47)25-11-24-42-26-22-40(23-27-42,31-12-9-8-10-13-31)32-16-20-34(50-4)21-17-32/h8-10,12-21,28-29,37-38H,5-7,11,22-27H2,1-4H3. The SMILES string of the molecule is CCC1=NC(CC)=C(N(C=O)CCCN2CCC(c3ccccc3)(c3ccc(OC)cc3)CC2)C(c2ccc([N+](=O)[O-])cc2)C1N(C=O)CC. The summed E-state index contributed by atoms with van der Waals surface area (Å²) in [7, 11) is 1.69. The van der Waals surface area contributed by atoms with Gasteiger partial charge in [-0.15, -0.1) is 0 Å². The number of nitro groups is 1. The molecule has 2 amide bonds. The first-order valence-corrected chi connectivity index (χ1v) is 17.7. The molecule has 0 bridgehead atoms. The van der Waals surface area contributed by atoms with Crippen molar-refractivity contribution in [2.75, 3.05) is 39.8 Å². The maximum atomic E-state index is 12.9. The summed E-state index contributed by atoms with van der Waals surface area (Å²) in [6.07, 6.45) is 5.66. The minimum Gasteiger partial charge on any atom is -0.497 e. The second kappa shape index (κ2) is 16.7. The van der Waals surface area contributed by atoms with Crippen LogP contribution in [0.5, 0.6) is 5.75 Å². The molecule has 0 aromatic heterocycles. The molecule has 10 heteroatoms. The van der Waals surface area contributed by atoms with E-state index in [9.17, 15) is 19.7 Å². The molecule has 2 aliphatic heterocycles. The molecule has 2 unspecified atom stereocenters. The fourth-order valence-electron chi connectivity index (χ4n) is 7.84. The lowest BCUT2D eigenvalue weighted by Crippen LogP contribution is -2.49. The lowest BCUT2D eigenvalue weighted by Gasteiger charge is -2.43. The summed E-state index contributed by atoms with van der Waals surface area (Å²) in [6, 6.07) is 25.3. The molecule has 2 heterocycles. The Labute approximate surface area is 295 Å². The molecule has 1 fully saturated rings. The average Bonchev–Trinajstić information content (AvgIpc) is 3.17. The van der Waals surface area contributed by atoms with Gasteiger partial charge in [-0.25, -0.2) is 0 Å². The van der Waals surface area contributed by atoms with Crippen molar-refractivity contribution in [3.05, 3.63) is 117 Å². The number of likely N-dealkylation sites (N-methyl/N-ethyl adjacent to an activating group) is 1. The Bertz CT molecular complexity index is 1660. The van der Waals surface area contributed by atoms with E-state index in [0.717, 1.165) is 80.1 Å². The van der Waals surface area contributed by atoms with Crippen molar-refractivity contribution in [3.63, 3.8) is 0 Å². The molecule has 5 rings (SSSR count). The molecule has 0 N–H and O–H groups in total. The highest BCUT2D eigenvalue weighted by molar-refractivity contribution is 5.94. The van der Waals surface area contributed by atoms with Crippen LogP contribution in [0.2, 0.25) is 0 Å². The van der Waals surface area contributed by atoms with Gasteiger partial charge in [0.25, 0.3) is 5.69 Å². The van der Waals surface area contributed by atoms with Crippen molar-refractivity contribution in [2.24, 2.45) is 4.99 Å². The Balaban J connectivity index is 1.37. The van der Waals surface area contributed by atoms with Crippen molar-refractivity contribution in [3.8, 4) is 5.75 Å². The number of aliphatic imine (C=N–C) groups is 1. The number of piperidine rings is 1. The van der Waals surface area contributed by atoms with E-state index >= 15 is 0 Å². The minimum atomic E-state index is -0.418. The highest BCUT2D eigenvalue weighted by Crippen LogP contribution is 2.43. The Morgan fingerprint density at radius 3 is 2.12 bits per heavy atom. The fourth-order valence-corrected chi connectivity index (χ4v) is 7.84. The van der Waals surface area contributed by atoms with Crippen LogP contribution in [-0.4, -0.2) is 84.0 Å². The monoisotopic (exact) mass is 679 g/mol. The summed E-state index contributed by atoms with van der Waals surface area (Å²) in [5, 5.41) is 11.5. The summed E-state index contributed by atoms with van der Waals surface area (Å²) >= 11 is 0. The number of likely N-dealkylation sites (tertiary alicyclic amines) is 1. The van der Waals surface area contributed by atoms with Crippen LogP contribution in [-0.2, 0) is 15.0 Å². The molecule has 1 saturated heterocycles. The predicted molar refractivity (Wildman–Crippen MR) is 196 cm³/mol. The maximum Gasteiger partial charge on any atom is 0.269 e. The van der Waals surface area contributed by atoms with Gasteiger partial charge in [0.2, 0.25) is 12.8 Å². The van der Waals surface area contributed by atoms with E-state index in [1.807, 2.05) is 32.9 Å². The van der Waals surface area contributed by atoms with Gasteiger partial charge in [0, 0.05) is 36.3 Å². The lowest BCUT2D eigenvalue weighted by atomic mass is 9.68. The molecule has 2 atom stereocenters. The van der Waals surface area contributed by atoms with Crippen molar-refractivity contribution >= 4 is 24.2 Å². The van der Waals surface area contributed by atoms with E-state index in [1.54, 1.807) is 29.0 Å². The van der Waals surface area contributed by atoms with E-state index in [0.29, 0.717) is 25.9 Å². The number of rotatable bonds is 16. The van der Waals surface area contributed by atoms with Crippen molar-refractivity contribution in [1.82, 2.24) is 14.7 Å². The second-order valence-electron chi connectivity index (χ2n) is 13.0. The third-order valence-electron chi connectivity index (χ3n) is 10.5. The van der Waals surface area contributed by atoms with Crippen LogP contribution in [0.4, 0.5) is 5.69 Å². The van der Waals surface area contributed by atoms with Crippen molar-refractivity contribution in [1.29, 1.82) is 0 Å². The summed E-state index contributed by atoms with van der Waals surface area (Å²) in [4.78, 5) is 47.4. The van der Waals surface area contributed by atoms with Crippen LogP contribution in [0.3, 0.4) is 0 Å². The van der Waals surface area contributed by atoms with Crippen LogP contribution in [0.15, 0.2) is 95.2 Å². The number of benzene rings is 3. The highest BCUT2D eigenvalue weighted by Gasteiger charge is 2.41. The number of nitrogens with zero attached hydrogens (tertiary/aromatic N) is 5. The van der Waals surface area contributed by atoms with Crippen molar-refractivity contribution < 1.29 is 19.2 Å². The molecule has 0 aliphatic carbocycles. The zero-order valence-electron chi connectivity index (χ0n) is 29.7. The molecular weight excluding hydrogens is 630 g/mol. The number of ether oxygens (including phenoxy) is 1. The first-order chi connectivity index (χ1) is 24.3. The number of allylic oxidation sites excluding steroid dienone is 1. The molecule has 10 nitrogen and oxygen atoms in total. The van der Waals surface area contributed by atoms with E-state index in [-0.39, 0.29) is 11.1 Å². The topological polar surface area (TPSA) is 109 Å². The number of hydrogen-bond acceptors (Lipinski definition) is 7. The molecule has 3 aromatic carbocycles. The van der Waals surface area contributed by atoms with Crippen molar-refractivity contribution in [2.45, 2.75) is 70.3 Å². The average molecular weight is 680 g/mol. The number of methoxy groups -OCH3 is 1. The molecule has 50 heavy (non-hydrogen) atoms. The molecule has 264 valence electrons. The van der Waals surface area contributed by atoms with E-state index in [4.69, 9.17) is 9.73 Å². The Hall–Kier alpha value is -4.83. The fraction of sp³-hybridized carbons (Fsp3) is 0.425. The van der Waals surface area contributed by atoms with Gasteiger partial charge in [-0.05, 0) is 87.5 Å². The number of hydrogen-bond donors (Lipinski definition) is 0. The summed E-state index contributed by atoms with van der Waals surface area (Å²) in [6.45, 7) is 9.59. The number of carbonyl (C=O) groups is 2. The van der Waals surface area contributed by atoms with E-state index in [2.05, 4.69) is 47.4 Å². The molecule has 0 radical (unpaired) electrons. The normalized spacial score (nSPS) is 19.0. The zero-order chi connectivity index (χ0) is 35.7. The van der Waals surface area contributed by atoms with Crippen LogP contribution < -0.4 is 4.74 Å². The number of non-ortho nitro benzene ring substituents is 1. The summed E-state index contributed by atoms with van der Waals surface area (Å²) in [5.74, 6) is 0.445. The Morgan fingerprint density at radius 2 is 1.58 bits per heavy atom. The van der Waals surface area contributed by atoms with E-state index < -0.39 is 16.9 Å². The van der Waals surface area contributed by atoms with Gasteiger partial charge in [0.1, 0.15) is 5.75 Å². The zero-order valence-corrected chi connectivity index (χ0v) is 29.7. The number of carbonyl (C=O) groups excluding carboxylic acids is 2. The highest BCUT2D eigenvalue weighted by atomic mass is 16.6. The minimum absolute atomic E-state index is 0.00785. The molecule has 3 aromatic rings. The van der Waals surface area contributed by atoms with Gasteiger partial charge >= 0.3 is 0 Å². The number of amides is 2. The van der Waals surface area contributed by atoms with Gasteiger partial charge in [-0.3, -0.25) is 24.7 Å². The maximum absolute atomic E-state index is 12.9. The quantitative estimate of drug-likeness (QED) is 0.0921. The lowest BCUT2D eigenvalue weighted by molar-refractivity contribution is -0.384. The summed E-state index contributed by atoms with van der Waals surface area (Å²) in [5.41, 5.74) is 5.76. The van der Waals surface area contributed by atoms with E-state index in [1.165, 1.54) is 23.3 Å². The first-order valence-electron chi connectivity index (χ1n) is 17.7. The largest absolute Gasteiger partial charge is 0.497 e. The van der Waals surface area contributed by atoms with Gasteiger partial charge in [0.05, 0.1) is 35.4 Å². The smallest absolute Gasteiger partial charge is 0.269 e. The predicted octanol–water partition coefficient (Wildman–Crippen LogP) is 6.95. The third kappa shape index (κ3) is 7.50. The third-order valence-corrected chi connectivity index (χ3v) is 10.5. The first kappa shape index (κ1) is 36.5. The molecular formula is C40H49N5O5. The Morgan fingerprint density at radius 1 is 0.920 bits per heavy atom.